The average Bonchev–Trinajstić information content (AvgIpc) is 2.48. The van der Waals surface area contributed by atoms with E-state index < -0.39 is 21.8 Å². The number of nitrogens with one attached hydrogen (secondary N) is 1. The fourth-order valence-electron chi connectivity index (χ4n) is 2.01. The molecular formula is C16H16N2O3S. The summed E-state index contributed by atoms with van der Waals surface area (Å²) in [6.45, 7) is 1.71. The number of para-hydroxylation sites is 2. The summed E-state index contributed by atoms with van der Waals surface area (Å²) in [6, 6.07) is 17.6. The van der Waals surface area contributed by atoms with Crippen molar-refractivity contribution in [3.8, 4) is 17.6 Å². The number of hydrogen-bond acceptors (Lipinski definition) is 4. The van der Waals surface area contributed by atoms with Gasteiger partial charge in [0.1, 0.15) is 11.5 Å². The first kappa shape index (κ1) is 16.0. The number of hydrogen-bond donors (Lipinski definition) is 1. The third kappa shape index (κ3) is 4.32. The third-order valence-electron chi connectivity index (χ3n) is 2.97. The van der Waals surface area contributed by atoms with E-state index in [0.29, 0.717) is 17.1 Å². The van der Waals surface area contributed by atoms with Gasteiger partial charge in [0, 0.05) is 11.6 Å². The van der Waals surface area contributed by atoms with Crippen LogP contribution in [-0.2, 0) is 10.0 Å². The van der Waals surface area contributed by atoms with E-state index in [0.717, 1.165) is 0 Å². The van der Waals surface area contributed by atoms with Crippen LogP contribution >= 0.6 is 0 Å². The molecule has 2 rings (SSSR count). The first-order valence-corrected chi connectivity index (χ1v) is 8.36. The highest BCUT2D eigenvalue weighted by atomic mass is 32.2. The van der Waals surface area contributed by atoms with E-state index in [-0.39, 0.29) is 0 Å². The van der Waals surface area contributed by atoms with Crippen LogP contribution in [0.2, 0.25) is 0 Å². The standard InChI is InChI=1S/C16H16N2O3S/c1-13(18-22(19,20)12-11-17)15-9-5-6-10-16(15)21-14-7-3-2-4-8-14/h2-10,13,18H,12H2,1H3/t13-/m0/s1. The Morgan fingerprint density at radius 1 is 1.14 bits per heavy atom. The third-order valence-corrected chi connectivity index (χ3v) is 4.19. The number of rotatable bonds is 6. The molecule has 0 aliphatic carbocycles. The van der Waals surface area contributed by atoms with Crippen molar-refractivity contribution in [3.63, 3.8) is 0 Å². The topological polar surface area (TPSA) is 79.2 Å². The van der Waals surface area contributed by atoms with Crippen LogP contribution in [-0.4, -0.2) is 14.2 Å². The van der Waals surface area contributed by atoms with Crippen molar-refractivity contribution in [2.45, 2.75) is 13.0 Å². The minimum Gasteiger partial charge on any atom is -0.457 e. The summed E-state index contributed by atoms with van der Waals surface area (Å²) in [5, 5.41) is 8.54. The molecule has 1 N–H and O–H groups in total. The van der Waals surface area contributed by atoms with E-state index in [2.05, 4.69) is 4.72 Å². The molecule has 22 heavy (non-hydrogen) atoms. The van der Waals surface area contributed by atoms with Gasteiger partial charge in [-0.2, -0.15) is 5.26 Å². The molecule has 0 unspecified atom stereocenters. The molecule has 0 saturated heterocycles. The lowest BCUT2D eigenvalue weighted by Gasteiger charge is -2.17. The smallest absolute Gasteiger partial charge is 0.225 e. The van der Waals surface area contributed by atoms with E-state index >= 15 is 0 Å². The molecule has 114 valence electrons. The lowest BCUT2D eigenvalue weighted by molar-refractivity contribution is 0.469. The number of sulfonamides is 1. The van der Waals surface area contributed by atoms with Crippen molar-refractivity contribution in [1.82, 2.24) is 4.72 Å². The molecule has 0 amide bonds. The number of nitriles is 1. The molecule has 0 aromatic heterocycles. The van der Waals surface area contributed by atoms with Gasteiger partial charge in [0.25, 0.3) is 0 Å². The summed E-state index contributed by atoms with van der Waals surface area (Å²) in [4.78, 5) is 0. The Bertz CT molecular complexity index is 767. The second kappa shape index (κ2) is 7.07. The number of nitrogens with zero attached hydrogens (tertiary/aromatic N) is 1. The van der Waals surface area contributed by atoms with Gasteiger partial charge in [-0.1, -0.05) is 36.4 Å². The molecule has 1 atom stereocenters. The highest BCUT2D eigenvalue weighted by Crippen LogP contribution is 2.29. The summed E-state index contributed by atoms with van der Waals surface area (Å²) in [7, 11) is -3.64. The molecular weight excluding hydrogens is 300 g/mol. The van der Waals surface area contributed by atoms with Crippen LogP contribution in [0.5, 0.6) is 11.5 Å². The molecule has 0 radical (unpaired) electrons. The quantitative estimate of drug-likeness (QED) is 0.888. The van der Waals surface area contributed by atoms with Gasteiger partial charge in [0.15, 0.2) is 5.75 Å². The van der Waals surface area contributed by atoms with E-state index in [4.69, 9.17) is 10.00 Å². The van der Waals surface area contributed by atoms with Crippen molar-refractivity contribution >= 4 is 10.0 Å². The van der Waals surface area contributed by atoms with Crippen LogP contribution in [0.25, 0.3) is 0 Å². The van der Waals surface area contributed by atoms with Crippen LogP contribution in [0.15, 0.2) is 54.6 Å². The molecule has 0 spiro atoms. The maximum atomic E-state index is 11.7. The molecule has 2 aromatic rings. The predicted octanol–water partition coefficient (Wildman–Crippen LogP) is 2.98. The monoisotopic (exact) mass is 316 g/mol. The van der Waals surface area contributed by atoms with E-state index in [1.807, 2.05) is 42.5 Å². The largest absolute Gasteiger partial charge is 0.457 e. The molecule has 0 saturated carbocycles. The Kier molecular flexibility index (Phi) is 5.15. The zero-order valence-corrected chi connectivity index (χ0v) is 12.9. The van der Waals surface area contributed by atoms with Gasteiger partial charge in [0.2, 0.25) is 10.0 Å². The number of ether oxygens (including phenoxy) is 1. The first-order chi connectivity index (χ1) is 10.5. The molecule has 2 aromatic carbocycles. The van der Waals surface area contributed by atoms with Crippen LogP contribution in [0.4, 0.5) is 0 Å². The molecule has 0 aliphatic rings. The van der Waals surface area contributed by atoms with E-state index in [1.165, 1.54) is 0 Å². The molecule has 6 heteroatoms. The SMILES string of the molecule is C[C@H](NS(=O)(=O)CC#N)c1ccccc1Oc1ccccc1. The van der Waals surface area contributed by atoms with Gasteiger partial charge in [0.05, 0.1) is 6.07 Å². The Hall–Kier alpha value is -2.36. The normalized spacial score (nSPS) is 12.4. The lowest BCUT2D eigenvalue weighted by atomic mass is 10.1. The molecule has 0 fully saturated rings. The van der Waals surface area contributed by atoms with Gasteiger partial charge >= 0.3 is 0 Å². The summed E-state index contributed by atoms with van der Waals surface area (Å²) >= 11 is 0. The predicted molar refractivity (Wildman–Crippen MR) is 83.9 cm³/mol. The van der Waals surface area contributed by atoms with Crippen LogP contribution in [0.1, 0.15) is 18.5 Å². The zero-order valence-electron chi connectivity index (χ0n) is 12.1. The zero-order chi connectivity index (χ0) is 16.0. The highest BCUT2D eigenvalue weighted by molar-refractivity contribution is 7.89. The van der Waals surface area contributed by atoms with Gasteiger partial charge in [-0.25, -0.2) is 13.1 Å². The summed E-state index contributed by atoms with van der Waals surface area (Å²) < 4.78 is 31.7. The van der Waals surface area contributed by atoms with Crippen molar-refractivity contribution in [1.29, 1.82) is 5.26 Å². The minimum absolute atomic E-state index is 0.502. The Morgan fingerprint density at radius 3 is 2.45 bits per heavy atom. The van der Waals surface area contributed by atoms with Gasteiger partial charge in [-0.05, 0) is 25.1 Å². The van der Waals surface area contributed by atoms with Gasteiger partial charge in [-0.15, -0.1) is 0 Å². The van der Waals surface area contributed by atoms with E-state index in [1.54, 1.807) is 25.1 Å². The van der Waals surface area contributed by atoms with Crippen molar-refractivity contribution in [3.05, 3.63) is 60.2 Å². The van der Waals surface area contributed by atoms with E-state index in [9.17, 15) is 8.42 Å². The first-order valence-electron chi connectivity index (χ1n) is 6.70. The second-order valence-corrected chi connectivity index (χ2v) is 6.46. The van der Waals surface area contributed by atoms with Crippen molar-refractivity contribution < 1.29 is 13.2 Å². The van der Waals surface area contributed by atoms with Crippen molar-refractivity contribution in [2.75, 3.05) is 5.75 Å². The Morgan fingerprint density at radius 2 is 1.77 bits per heavy atom. The Labute approximate surface area is 130 Å². The lowest BCUT2D eigenvalue weighted by Crippen LogP contribution is -2.28. The summed E-state index contributed by atoms with van der Waals surface area (Å²) in [5.74, 6) is 0.668. The fraction of sp³-hybridized carbons (Fsp3) is 0.188. The van der Waals surface area contributed by atoms with Crippen LogP contribution < -0.4 is 9.46 Å². The fourth-order valence-corrected chi connectivity index (χ4v) is 2.93. The van der Waals surface area contributed by atoms with Gasteiger partial charge in [-0.3, -0.25) is 0 Å². The van der Waals surface area contributed by atoms with Crippen molar-refractivity contribution in [2.24, 2.45) is 0 Å². The highest BCUT2D eigenvalue weighted by Gasteiger charge is 2.18. The second-order valence-electron chi connectivity index (χ2n) is 4.71. The molecule has 0 bridgehead atoms. The Balaban J connectivity index is 2.23. The maximum absolute atomic E-state index is 11.7. The van der Waals surface area contributed by atoms with Crippen LogP contribution in [0.3, 0.4) is 0 Å². The minimum atomic E-state index is -3.64. The maximum Gasteiger partial charge on any atom is 0.225 e. The molecule has 0 aliphatic heterocycles. The average molecular weight is 316 g/mol. The van der Waals surface area contributed by atoms with Gasteiger partial charge < -0.3 is 4.74 Å². The van der Waals surface area contributed by atoms with Crippen LogP contribution in [0, 0.1) is 11.3 Å². The summed E-state index contributed by atoms with van der Waals surface area (Å²) in [5.41, 5.74) is 0.702. The molecule has 0 heterocycles. The molecule has 5 nitrogen and oxygen atoms in total. The summed E-state index contributed by atoms with van der Waals surface area (Å²) in [6.07, 6.45) is 0. The number of benzene rings is 2.